The highest BCUT2D eigenvalue weighted by Crippen LogP contribution is 2.37. The van der Waals surface area contributed by atoms with Crippen LogP contribution >= 0.6 is 0 Å². The first-order valence-electron chi connectivity index (χ1n) is 7.63. The van der Waals surface area contributed by atoms with Crippen LogP contribution in [-0.4, -0.2) is 25.6 Å². The molecule has 0 amide bonds. The van der Waals surface area contributed by atoms with Gasteiger partial charge >= 0.3 is 0 Å². The molecule has 0 fully saturated rings. The minimum absolute atomic E-state index is 0.101. The number of benzene rings is 1. The van der Waals surface area contributed by atoms with Crippen LogP contribution in [0.3, 0.4) is 0 Å². The SMILES string of the molecule is CC(=O)C1Oc2ccccc2C1C.COCC(C)C(C)C. The molecule has 3 unspecified atom stereocenters. The highest BCUT2D eigenvalue weighted by Gasteiger charge is 2.33. The molecule has 21 heavy (non-hydrogen) atoms. The maximum atomic E-state index is 11.2. The van der Waals surface area contributed by atoms with Crippen molar-refractivity contribution in [1.82, 2.24) is 0 Å². The highest BCUT2D eigenvalue weighted by molar-refractivity contribution is 5.83. The molecule has 1 heterocycles. The van der Waals surface area contributed by atoms with Gasteiger partial charge < -0.3 is 9.47 Å². The van der Waals surface area contributed by atoms with Gasteiger partial charge in [0.1, 0.15) is 5.75 Å². The molecule has 3 nitrogen and oxygen atoms in total. The topological polar surface area (TPSA) is 35.5 Å². The summed E-state index contributed by atoms with van der Waals surface area (Å²) >= 11 is 0. The van der Waals surface area contributed by atoms with Crippen LogP contribution in [0.1, 0.15) is 46.1 Å². The average Bonchev–Trinajstić information content (AvgIpc) is 2.78. The van der Waals surface area contributed by atoms with Gasteiger partial charge in [-0.25, -0.2) is 0 Å². The normalized spacial score (nSPS) is 21.1. The van der Waals surface area contributed by atoms with Gasteiger partial charge in [-0.2, -0.15) is 0 Å². The van der Waals surface area contributed by atoms with Crippen molar-refractivity contribution in [2.45, 2.75) is 46.6 Å². The van der Waals surface area contributed by atoms with Crippen molar-refractivity contribution in [2.75, 3.05) is 13.7 Å². The van der Waals surface area contributed by atoms with E-state index < -0.39 is 0 Å². The fourth-order valence-corrected chi connectivity index (χ4v) is 2.26. The Morgan fingerprint density at radius 1 is 1.29 bits per heavy atom. The summed E-state index contributed by atoms with van der Waals surface area (Å²) in [5.74, 6) is 2.59. The van der Waals surface area contributed by atoms with E-state index in [1.165, 1.54) is 0 Å². The van der Waals surface area contributed by atoms with Crippen LogP contribution < -0.4 is 4.74 Å². The van der Waals surface area contributed by atoms with E-state index in [2.05, 4.69) is 20.8 Å². The zero-order chi connectivity index (χ0) is 16.0. The van der Waals surface area contributed by atoms with Crippen molar-refractivity contribution in [3.05, 3.63) is 29.8 Å². The van der Waals surface area contributed by atoms with E-state index in [0.717, 1.165) is 23.8 Å². The number of hydrogen-bond donors (Lipinski definition) is 0. The second-order valence-corrected chi connectivity index (χ2v) is 6.15. The Bertz CT molecular complexity index is 454. The molecule has 0 aliphatic carbocycles. The number of Topliss-reactive ketones (excluding diaryl/α,β-unsaturated/α-hetero) is 1. The number of para-hydroxylation sites is 1. The smallest absolute Gasteiger partial charge is 0.170 e. The number of rotatable bonds is 4. The first-order chi connectivity index (χ1) is 9.88. The Hall–Kier alpha value is -1.35. The Morgan fingerprint density at radius 3 is 2.33 bits per heavy atom. The van der Waals surface area contributed by atoms with Crippen LogP contribution in [0.5, 0.6) is 5.75 Å². The van der Waals surface area contributed by atoms with E-state index in [-0.39, 0.29) is 17.8 Å². The monoisotopic (exact) mass is 292 g/mol. The van der Waals surface area contributed by atoms with E-state index in [0.29, 0.717) is 5.92 Å². The van der Waals surface area contributed by atoms with Crippen molar-refractivity contribution in [3.63, 3.8) is 0 Å². The van der Waals surface area contributed by atoms with Crippen molar-refractivity contribution in [3.8, 4) is 5.75 Å². The molecule has 1 aromatic carbocycles. The molecular formula is C18H28O3. The van der Waals surface area contributed by atoms with E-state index in [1.54, 1.807) is 14.0 Å². The number of carbonyl (C=O) groups is 1. The summed E-state index contributed by atoms with van der Waals surface area (Å²) in [5.41, 5.74) is 1.14. The molecule has 118 valence electrons. The second kappa shape index (κ2) is 8.18. The van der Waals surface area contributed by atoms with Gasteiger partial charge in [0.2, 0.25) is 0 Å². The van der Waals surface area contributed by atoms with Gasteiger partial charge in [0, 0.05) is 25.2 Å². The van der Waals surface area contributed by atoms with Gasteiger partial charge in [0.25, 0.3) is 0 Å². The predicted octanol–water partition coefficient (Wildman–Crippen LogP) is 4.07. The number of hydrogen-bond acceptors (Lipinski definition) is 3. The average molecular weight is 292 g/mol. The molecule has 3 heteroatoms. The molecule has 0 spiro atoms. The molecule has 1 aliphatic heterocycles. The Labute approximate surface area is 128 Å². The summed E-state index contributed by atoms with van der Waals surface area (Å²) in [5, 5.41) is 0. The highest BCUT2D eigenvalue weighted by atomic mass is 16.5. The molecule has 2 rings (SSSR count). The molecule has 0 aromatic heterocycles. The maximum absolute atomic E-state index is 11.2. The number of ketones is 1. The summed E-state index contributed by atoms with van der Waals surface area (Å²) in [6.07, 6.45) is -0.280. The number of fused-ring (bicyclic) bond motifs is 1. The molecule has 0 N–H and O–H groups in total. The van der Waals surface area contributed by atoms with E-state index in [1.807, 2.05) is 31.2 Å². The summed E-state index contributed by atoms with van der Waals surface area (Å²) in [6, 6.07) is 7.83. The fraction of sp³-hybridized carbons (Fsp3) is 0.611. The molecule has 0 bridgehead atoms. The largest absolute Gasteiger partial charge is 0.482 e. The van der Waals surface area contributed by atoms with Gasteiger partial charge in [0.05, 0.1) is 0 Å². The first-order valence-corrected chi connectivity index (χ1v) is 7.63. The molecule has 0 saturated heterocycles. The zero-order valence-electron chi connectivity index (χ0n) is 14.1. The van der Waals surface area contributed by atoms with Gasteiger partial charge in [0.15, 0.2) is 11.9 Å². The maximum Gasteiger partial charge on any atom is 0.170 e. The second-order valence-electron chi connectivity index (χ2n) is 6.15. The molecule has 0 radical (unpaired) electrons. The van der Waals surface area contributed by atoms with Crippen molar-refractivity contribution in [1.29, 1.82) is 0 Å². The number of ether oxygens (including phenoxy) is 2. The Balaban J connectivity index is 0.000000240. The third-order valence-corrected chi connectivity index (χ3v) is 4.09. The molecule has 1 aliphatic rings. The Kier molecular flexibility index (Phi) is 6.90. The number of carbonyl (C=O) groups excluding carboxylic acids is 1. The summed E-state index contributed by atoms with van der Waals surface area (Å²) in [7, 11) is 1.75. The minimum atomic E-state index is -0.280. The quantitative estimate of drug-likeness (QED) is 0.839. The van der Waals surface area contributed by atoms with Gasteiger partial charge in [-0.1, -0.05) is 45.9 Å². The lowest BCUT2D eigenvalue weighted by Crippen LogP contribution is -2.25. The van der Waals surface area contributed by atoms with Crippen LogP contribution in [0.25, 0.3) is 0 Å². The van der Waals surface area contributed by atoms with E-state index >= 15 is 0 Å². The van der Waals surface area contributed by atoms with Crippen LogP contribution in [0.15, 0.2) is 24.3 Å². The minimum Gasteiger partial charge on any atom is -0.482 e. The predicted molar refractivity (Wildman–Crippen MR) is 85.8 cm³/mol. The summed E-state index contributed by atoms with van der Waals surface area (Å²) in [6.45, 7) is 11.1. The van der Waals surface area contributed by atoms with Crippen molar-refractivity contribution in [2.24, 2.45) is 11.8 Å². The summed E-state index contributed by atoms with van der Waals surface area (Å²) < 4.78 is 10.5. The first kappa shape index (κ1) is 17.7. The lowest BCUT2D eigenvalue weighted by molar-refractivity contribution is -0.123. The van der Waals surface area contributed by atoms with Crippen molar-refractivity contribution >= 4 is 5.78 Å². The van der Waals surface area contributed by atoms with Crippen LogP contribution in [0.4, 0.5) is 0 Å². The lowest BCUT2D eigenvalue weighted by Gasteiger charge is -2.12. The van der Waals surface area contributed by atoms with Crippen LogP contribution in [-0.2, 0) is 9.53 Å². The lowest BCUT2D eigenvalue weighted by atomic mass is 9.96. The molecule has 0 saturated carbocycles. The molecule has 1 aromatic rings. The van der Waals surface area contributed by atoms with E-state index in [9.17, 15) is 4.79 Å². The van der Waals surface area contributed by atoms with Crippen LogP contribution in [0, 0.1) is 11.8 Å². The van der Waals surface area contributed by atoms with Gasteiger partial charge in [-0.3, -0.25) is 4.79 Å². The van der Waals surface area contributed by atoms with Gasteiger partial charge in [-0.05, 0) is 24.8 Å². The third kappa shape index (κ3) is 4.85. The number of methoxy groups -OCH3 is 1. The van der Waals surface area contributed by atoms with Crippen LogP contribution in [0.2, 0.25) is 0 Å². The molecule has 3 atom stereocenters. The van der Waals surface area contributed by atoms with Gasteiger partial charge in [-0.15, -0.1) is 0 Å². The third-order valence-electron chi connectivity index (χ3n) is 4.09. The van der Waals surface area contributed by atoms with Crippen molar-refractivity contribution < 1.29 is 14.3 Å². The zero-order valence-corrected chi connectivity index (χ0v) is 14.1. The Morgan fingerprint density at radius 2 is 1.90 bits per heavy atom. The fourth-order valence-electron chi connectivity index (χ4n) is 2.26. The summed E-state index contributed by atoms with van der Waals surface area (Å²) in [4.78, 5) is 11.2. The van der Waals surface area contributed by atoms with E-state index in [4.69, 9.17) is 9.47 Å². The standard InChI is InChI=1S/C11H12O2.C7H16O/c1-7-9-5-3-4-6-10(9)13-11(7)8(2)12;1-6(2)7(3)5-8-4/h3-7,11H,1-2H3;6-7H,5H2,1-4H3. The molecular weight excluding hydrogens is 264 g/mol.